The number of anilines is 1. The molecule has 1 amide bonds. The smallest absolute Gasteiger partial charge is 0.246 e. The monoisotopic (exact) mass is 389 g/mol. The predicted octanol–water partition coefficient (Wildman–Crippen LogP) is 2.85. The molecule has 3 N–H and O–H groups in total. The van der Waals surface area contributed by atoms with Gasteiger partial charge in [0.2, 0.25) is 5.91 Å². The van der Waals surface area contributed by atoms with Gasteiger partial charge in [-0.25, -0.2) is 0 Å². The number of carbonyl (C=O) groups excluding carboxylic acids is 1. The van der Waals surface area contributed by atoms with E-state index in [0.29, 0.717) is 5.96 Å². The molecule has 0 saturated heterocycles. The summed E-state index contributed by atoms with van der Waals surface area (Å²) < 4.78 is 0. The van der Waals surface area contributed by atoms with Crippen LogP contribution in [-0.2, 0) is 17.6 Å². The minimum absolute atomic E-state index is 0.0664. The van der Waals surface area contributed by atoms with Crippen molar-refractivity contribution in [3.8, 4) is 0 Å². The number of aromatic nitrogens is 1. The van der Waals surface area contributed by atoms with Gasteiger partial charge in [0.1, 0.15) is 0 Å². The highest BCUT2D eigenvalue weighted by Gasteiger charge is 2.21. The summed E-state index contributed by atoms with van der Waals surface area (Å²) in [6.45, 7) is 1.73. The predicted molar refractivity (Wildman–Crippen MR) is 118 cm³/mol. The van der Waals surface area contributed by atoms with Crippen LogP contribution in [0.3, 0.4) is 0 Å². The lowest BCUT2D eigenvalue weighted by atomic mass is 10.0. The van der Waals surface area contributed by atoms with Gasteiger partial charge in [0.15, 0.2) is 5.96 Å². The molecule has 2 aromatic carbocycles. The molecule has 0 atom stereocenters. The normalized spacial score (nSPS) is 14.0. The molecule has 6 nitrogen and oxygen atoms in total. The number of hydrogen-bond acceptors (Lipinski definition) is 2. The van der Waals surface area contributed by atoms with Crippen LogP contribution in [0.15, 0.2) is 59.7 Å². The first-order chi connectivity index (χ1) is 14.3. The molecule has 1 aliphatic heterocycles. The van der Waals surface area contributed by atoms with Crippen molar-refractivity contribution < 1.29 is 4.79 Å². The van der Waals surface area contributed by atoms with Gasteiger partial charge in [-0.15, -0.1) is 0 Å². The summed E-state index contributed by atoms with van der Waals surface area (Å²) in [6.07, 6.45) is 4.96. The molecule has 0 bridgehead atoms. The van der Waals surface area contributed by atoms with E-state index in [2.05, 4.69) is 51.1 Å². The Hall–Kier alpha value is -3.28. The summed E-state index contributed by atoms with van der Waals surface area (Å²) in [5, 5.41) is 7.71. The largest absolute Gasteiger partial charge is 0.361 e. The van der Waals surface area contributed by atoms with Crippen molar-refractivity contribution in [3.05, 3.63) is 65.9 Å². The van der Waals surface area contributed by atoms with Crippen molar-refractivity contribution in [2.24, 2.45) is 4.99 Å². The maximum Gasteiger partial charge on any atom is 0.246 e. The molecule has 3 aromatic rings. The zero-order valence-electron chi connectivity index (χ0n) is 16.7. The summed E-state index contributed by atoms with van der Waals surface area (Å²) in [5.41, 5.74) is 4.70. The average Bonchev–Trinajstić information content (AvgIpc) is 3.18. The Morgan fingerprint density at radius 1 is 1.14 bits per heavy atom. The summed E-state index contributed by atoms with van der Waals surface area (Å²) in [4.78, 5) is 22.2. The zero-order valence-corrected chi connectivity index (χ0v) is 16.7. The van der Waals surface area contributed by atoms with Gasteiger partial charge in [-0.3, -0.25) is 9.79 Å². The maximum atomic E-state index is 12.8. The van der Waals surface area contributed by atoms with E-state index < -0.39 is 0 Å². The van der Waals surface area contributed by atoms with Crippen LogP contribution < -0.4 is 15.5 Å². The molecular weight excluding hydrogens is 362 g/mol. The summed E-state index contributed by atoms with van der Waals surface area (Å²) in [6, 6.07) is 16.4. The van der Waals surface area contributed by atoms with E-state index >= 15 is 0 Å². The van der Waals surface area contributed by atoms with Crippen LogP contribution >= 0.6 is 0 Å². The highest BCUT2D eigenvalue weighted by Crippen LogP contribution is 2.26. The quantitative estimate of drug-likeness (QED) is 0.464. The SMILES string of the molecule is CN=C(NCCc1c[nH]c2ccccc12)NCC(=O)N1CCCc2ccccc21. The number of rotatable bonds is 5. The van der Waals surface area contributed by atoms with Gasteiger partial charge in [0.05, 0.1) is 6.54 Å². The second-order valence-electron chi connectivity index (χ2n) is 7.24. The molecule has 0 saturated carbocycles. The third kappa shape index (κ3) is 4.26. The van der Waals surface area contributed by atoms with E-state index in [4.69, 9.17) is 0 Å². The van der Waals surface area contributed by atoms with E-state index in [9.17, 15) is 4.79 Å². The van der Waals surface area contributed by atoms with E-state index in [0.717, 1.165) is 43.6 Å². The lowest BCUT2D eigenvalue weighted by Crippen LogP contribution is -2.46. The fourth-order valence-corrected chi connectivity index (χ4v) is 3.92. The van der Waals surface area contributed by atoms with Crippen LogP contribution in [0.25, 0.3) is 10.9 Å². The summed E-state index contributed by atoms with van der Waals surface area (Å²) >= 11 is 0. The number of aliphatic imine (C=N–C) groups is 1. The van der Waals surface area contributed by atoms with Crippen molar-refractivity contribution >= 4 is 28.5 Å². The Balaban J connectivity index is 1.29. The molecule has 0 unspecified atom stereocenters. The van der Waals surface area contributed by atoms with E-state index in [1.807, 2.05) is 29.2 Å². The van der Waals surface area contributed by atoms with Crippen molar-refractivity contribution in [2.75, 3.05) is 31.6 Å². The third-order valence-corrected chi connectivity index (χ3v) is 5.40. The summed E-state index contributed by atoms with van der Waals surface area (Å²) in [7, 11) is 1.72. The molecule has 1 aliphatic rings. The van der Waals surface area contributed by atoms with E-state index in [1.54, 1.807) is 7.05 Å². The zero-order chi connectivity index (χ0) is 20.1. The number of H-pyrrole nitrogens is 1. The molecule has 0 aliphatic carbocycles. The number of nitrogens with one attached hydrogen (secondary N) is 3. The Kier molecular flexibility index (Phi) is 5.79. The Morgan fingerprint density at radius 3 is 2.86 bits per heavy atom. The molecule has 4 rings (SSSR count). The number of benzene rings is 2. The average molecular weight is 390 g/mol. The van der Waals surface area contributed by atoms with E-state index in [-0.39, 0.29) is 12.5 Å². The minimum Gasteiger partial charge on any atom is -0.361 e. The molecule has 0 spiro atoms. The lowest BCUT2D eigenvalue weighted by molar-refractivity contribution is -0.117. The van der Waals surface area contributed by atoms with Crippen molar-refractivity contribution in [2.45, 2.75) is 19.3 Å². The van der Waals surface area contributed by atoms with Crippen LogP contribution in [0.2, 0.25) is 0 Å². The van der Waals surface area contributed by atoms with Gasteiger partial charge in [-0.05, 0) is 42.5 Å². The second kappa shape index (κ2) is 8.82. The number of guanidine groups is 1. The van der Waals surface area contributed by atoms with Gasteiger partial charge in [-0.1, -0.05) is 36.4 Å². The fraction of sp³-hybridized carbons (Fsp3) is 0.304. The molecule has 0 radical (unpaired) electrons. The molecule has 0 fully saturated rings. The van der Waals surface area contributed by atoms with Gasteiger partial charge >= 0.3 is 0 Å². The van der Waals surface area contributed by atoms with Crippen LogP contribution in [0.4, 0.5) is 5.69 Å². The lowest BCUT2D eigenvalue weighted by Gasteiger charge is -2.29. The van der Waals surface area contributed by atoms with Crippen molar-refractivity contribution in [1.82, 2.24) is 15.6 Å². The third-order valence-electron chi connectivity index (χ3n) is 5.40. The highest BCUT2D eigenvalue weighted by molar-refractivity contribution is 5.98. The van der Waals surface area contributed by atoms with Crippen LogP contribution in [0.1, 0.15) is 17.5 Å². The Labute approximate surface area is 171 Å². The number of fused-ring (bicyclic) bond motifs is 2. The van der Waals surface area contributed by atoms with Gasteiger partial charge in [-0.2, -0.15) is 0 Å². The van der Waals surface area contributed by atoms with Crippen molar-refractivity contribution in [3.63, 3.8) is 0 Å². The molecule has 150 valence electrons. The van der Waals surface area contributed by atoms with Gasteiger partial charge in [0.25, 0.3) is 0 Å². The Morgan fingerprint density at radius 2 is 1.97 bits per heavy atom. The number of nitrogens with zero attached hydrogens (tertiary/aromatic N) is 2. The van der Waals surface area contributed by atoms with Crippen LogP contribution in [0.5, 0.6) is 0 Å². The van der Waals surface area contributed by atoms with Crippen LogP contribution in [0, 0.1) is 0 Å². The van der Waals surface area contributed by atoms with Gasteiger partial charge in [0, 0.05) is 42.9 Å². The Bertz CT molecular complexity index is 1020. The number of para-hydroxylation sites is 2. The first kappa shape index (κ1) is 19.1. The number of amides is 1. The number of carbonyl (C=O) groups is 1. The molecule has 1 aromatic heterocycles. The summed E-state index contributed by atoms with van der Waals surface area (Å²) in [5.74, 6) is 0.709. The molecule has 29 heavy (non-hydrogen) atoms. The number of aromatic amines is 1. The van der Waals surface area contributed by atoms with E-state index in [1.165, 1.54) is 16.5 Å². The second-order valence-corrected chi connectivity index (χ2v) is 7.24. The molecular formula is C23H27N5O. The first-order valence-corrected chi connectivity index (χ1v) is 10.1. The standard InChI is InChI=1S/C23H27N5O/c1-24-23(25-13-12-18-15-26-20-10-4-3-9-19(18)20)27-16-22(29)28-14-6-8-17-7-2-5-11-21(17)28/h2-5,7,9-11,15,26H,6,8,12-14,16H2,1H3,(H2,24,25,27). The molecule has 2 heterocycles. The number of hydrogen-bond donors (Lipinski definition) is 3. The van der Waals surface area contributed by atoms with Crippen LogP contribution in [-0.4, -0.2) is 43.5 Å². The maximum absolute atomic E-state index is 12.8. The topological polar surface area (TPSA) is 72.5 Å². The highest BCUT2D eigenvalue weighted by atomic mass is 16.2. The molecule has 6 heteroatoms. The minimum atomic E-state index is 0.0664. The fourth-order valence-electron chi connectivity index (χ4n) is 3.92. The van der Waals surface area contributed by atoms with Gasteiger partial charge < -0.3 is 20.5 Å². The number of aryl methyl sites for hydroxylation is 1. The first-order valence-electron chi connectivity index (χ1n) is 10.1. The van der Waals surface area contributed by atoms with Crippen molar-refractivity contribution in [1.29, 1.82) is 0 Å².